The molecule has 1 aromatic carbocycles. The van der Waals surface area contributed by atoms with Crippen LogP contribution in [0.25, 0.3) is 0 Å². The molecular formula is C15H15BrClFN2. The van der Waals surface area contributed by atoms with Crippen molar-refractivity contribution >= 4 is 27.5 Å². The molecule has 0 spiro atoms. The summed E-state index contributed by atoms with van der Waals surface area (Å²) in [5, 5.41) is 4.05. The normalized spacial score (nSPS) is 12.4. The standard InChI is InChI=1S/C15H15BrClFN2/c1-2-5-20-15(10-6-12(18)9-19-8-10)13-7-11(17)3-4-14(13)16/h3-4,6-9,15,20H,2,5H2,1H3. The zero-order valence-corrected chi connectivity index (χ0v) is 13.4. The number of nitrogens with zero attached hydrogens (tertiary/aromatic N) is 1. The highest BCUT2D eigenvalue weighted by Gasteiger charge is 2.17. The maximum absolute atomic E-state index is 13.4. The molecule has 1 atom stereocenters. The topological polar surface area (TPSA) is 24.9 Å². The number of benzene rings is 1. The molecular weight excluding hydrogens is 343 g/mol. The van der Waals surface area contributed by atoms with Crippen molar-refractivity contribution in [3.8, 4) is 0 Å². The second kappa shape index (κ2) is 7.16. The lowest BCUT2D eigenvalue weighted by Crippen LogP contribution is -2.23. The summed E-state index contributed by atoms with van der Waals surface area (Å²) < 4.78 is 14.3. The molecule has 1 N–H and O–H groups in total. The van der Waals surface area contributed by atoms with E-state index in [2.05, 4.69) is 33.2 Å². The highest BCUT2D eigenvalue weighted by Crippen LogP contribution is 2.31. The zero-order chi connectivity index (χ0) is 14.5. The second-order valence-electron chi connectivity index (χ2n) is 4.49. The van der Waals surface area contributed by atoms with E-state index in [0.29, 0.717) is 5.02 Å². The third kappa shape index (κ3) is 3.78. The molecule has 0 amide bonds. The molecule has 0 aliphatic carbocycles. The number of aromatic nitrogens is 1. The summed E-state index contributed by atoms with van der Waals surface area (Å²) >= 11 is 9.60. The van der Waals surface area contributed by atoms with E-state index < -0.39 is 0 Å². The minimum absolute atomic E-state index is 0.147. The molecule has 0 saturated carbocycles. The predicted octanol–water partition coefficient (Wildman–Crippen LogP) is 4.73. The average molecular weight is 358 g/mol. The maximum atomic E-state index is 13.4. The molecule has 0 aliphatic rings. The molecule has 5 heteroatoms. The van der Waals surface area contributed by atoms with Crippen molar-refractivity contribution in [1.29, 1.82) is 0 Å². The van der Waals surface area contributed by atoms with Crippen LogP contribution in [-0.2, 0) is 0 Å². The van der Waals surface area contributed by atoms with Crippen molar-refractivity contribution in [2.75, 3.05) is 6.54 Å². The molecule has 0 radical (unpaired) electrons. The fourth-order valence-corrected chi connectivity index (χ4v) is 2.67. The highest BCUT2D eigenvalue weighted by atomic mass is 79.9. The number of hydrogen-bond acceptors (Lipinski definition) is 2. The minimum atomic E-state index is -0.344. The van der Waals surface area contributed by atoms with E-state index in [0.717, 1.165) is 28.6 Å². The van der Waals surface area contributed by atoms with Crippen LogP contribution in [0.3, 0.4) is 0 Å². The van der Waals surface area contributed by atoms with Gasteiger partial charge in [0.25, 0.3) is 0 Å². The van der Waals surface area contributed by atoms with Gasteiger partial charge in [0.1, 0.15) is 5.82 Å². The summed E-state index contributed by atoms with van der Waals surface area (Å²) in [5.74, 6) is -0.344. The molecule has 1 unspecified atom stereocenters. The number of hydrogen-bond donors (Lipinski definition) is 1. The number of pyridine rings is 1. The molecule has 2 aromatic rings. The molecule has 2 nitrogen and oxygen atoms in total. The van der Waals surface area contributed by atoms with Gasteiger partial charge in [-0.25, -0.2) is 4.39 Å². The third-order valence-electron chi connectivity index (χ3n) is 2.93. The van der Waals surface area contributed by atoms with Crippen LogP contribution in [0.5, 0.6) is 0 Å². The fourth-order valence-electron chi connectivity index (χ4n) is 2.02. The molecule has 106 valence electrons. The number of halogens is 3. The summed E-state index contributed by atoms with van der Waals surface area (Å²) in [6.45, 7) is 2.90. The van der Waals surface area contributed by atoms with Crippen LogP contribution >= 0.6 is 27.5 Å². The minimum Gasteiger partial charge on any atom is -0.306 e. The summed E-state index contributed by atoms with van der Waals surface area (Å²) in [6.07, 6.45) is 3.86. The smallest absolute Gasteiger partial charge is 0.141 e. The Bertz CT molecular complexity index is 592. The summed E-state index contributed by atoms with van der Waals surface area (Å²) in [4.78, 5) is 3.93. The zero-order valence-electron chi connectivity index (χ0n) is 11.0. The Balaban J connectivity index is 2.44. The van der Waals surface area contributed by atoms with Gasteiger partial charge in [0.15, 0.2) is 0 Å². The van der Waals surface area contributed by atoms with Gasteiger partial charge in [0.05, 0.1) is 12.2 Å². The van der Waals surface area contributed by atoms with Crippen LogP contribution < -0.4 is 5.32 Å². The molecule has 0 bridgehead atoms. The predicted molar refractivity (Wildman–Crippen MR) is 83.5 cm³/mol. The summed E-state index contributed by atoms with van der Waals surface area (Å²) in [7, 11) is 0. The van der Waals surface area contributed by atoms with Crippen molar-refractivity contribution in [2.24, 2.45) is 0 Å². The van der Waals surface area contributed by atoms with Crippen LogP contribution in [0, 0.1) is 5.82 Å². The monoisotopic (exact) mass is 356 g/mol. The molecule has 0 fully saturated rings. The van der Waals surface area contributed by atoms with Crippen molar-refractivity contribution in [2.45, 2.75) is 19.4 Å². The quantitative estimate of drug-likeness (QED) is 0.837. The maximum Gasteiger partial charge on any atom is 0.141 e. The van der Waals surface area contributed by atoms with Gasteiger partial charge in [-0.15, -0.1) is 0 Å². The van der Waals surface area contributed by atoms with Crippen molar-refractivity contribution < 1.29 is 4.39 Å². The SMILES string of the molecule is CCCNC(c1cncc(F)c1)c1cc(Cl)ccc1Br. The van der Waals surface area contributed by atoms with E-state index in [-0.39, 0.29) is 11.9 Å². The average Bonchev–Trinajstić information content (AvgIpc) is 2.43. The Morgan fingerprint density at radius 1 is 1.35 bits per heavy atom. The lowest BCUT2D eigenvalue weighted by Gasteiger charge is -2.21. The van der Waals surface area contributed by atoms with E-state index in [9.17, 15) is 4.39 Å². The van der Waals surface area contributed by atoms with Gasteiger partial charge < -0.3 is 5.32 Å². The Kier molecular flexibility index (Phi) is 5.52. The molecule has 20 heavy (non-hydrogen) atoms. The second-order valence-corrected chi connectivity index (χ2v) is 5.78. The first-order chi connectivity index (χ1) is 9.61. The highest BCUT2D eigenvalue weighted by molar-refractivity contribution is 9.10. The molecule has 1 heterocycles. The summed E-state index contributed by atoms with van der Waals surface area (Å²) in [6, 6.07) is 6.93. The van der Waals surface area contributed by atoms with Gasteiger partial charge >= 0.3 is 0 Å². The first kappa shape index (κ1) is 15.4. The van der Waals surface area contributed by atoms with Crippen LogP contribution in [0.15, 0.2) is 41.1 Å². The number of nitrogens with one attached hydrogen (secondary N) is 1. The molecule has 1 aromatic heterocycles. The Morgan fingerprint density at radius 3 is 2.85 bits per heavy atom. The molecule has 0 aliphatic heterocycles. The Labute approximate surface area is 131 Å². The Hall–Kier alpha value is -0.970. The van der Waals surface area contributed by atoms with E-state index in [1.165, 1.54) is 12.3 Å². The summed E-state index contributed by atoms with van der Waals surface area (Å²) in [5.41, 5.74) is 1.75. The van der Waals surface area contributed by atoms with E-state index >= 15 is 0 Å². The largest absolute Gasteiger partial charge is 0.306 e. The number of rotatable bonds is 5. The lowest BCUT2D eigenvalue weighted by atomic mass is 10.00. The lowest BCUT2D eigenvalue weighted by molar-refractivity contribution is 0.579. The van der Waals surface area contributed by atoms with E-state index in [1.807, 2.05) is 18.2 Å². The van der Waals surface area contributed by atoms with Crippen LogP contribution in [0.2, 0.25) is 5.02 Å². The Morgan fingerprint density at radius 2 is 2.15 bits per heavy atom. The molecule has 0 saturated heterocycles. The van der Waals surface area contributed by atoms with E-state index in [4.69, 9.17) is 11.6 Å². The first-order valence-electron chi connectivity index (χ1n) is 6.40. The van der Waals surface area contributed by atoms with Crippen molar-refractivity contribution in [3.63, 3.8) is 0 Å². The van der Waals surface area contributed by atoms with Crippen LogP contribution in [0.4, 0.5) is 4.39 Å². The van der Waals surface area contributed by atoms with Gasteiger partial charge in [0, 0.05) is 15.7 Å². The first-order valence-corrected chi connectivity index (χ1v) is 7.57. The van der Waals surface area contributed by atoms with Crippen LogP contribution in [-0.4, -0.2) is 11.5 Å². The van der Waals surface area contributed by atoms with Crippen molar-refractivity contribution in [3.05, 3.63) is 63.1 Å². The van der Waals surface area contributed by atoms with Gasteiger partial charge in [-0.05, 0) is 48.4 Å². The van der Waals surface area contributed by atoms with Gasteiger partial charge in [-0.1, -0.05) is 34.5 Å². The fraction of sp³-hybridized carbons (Fsp3) is 0.267. The van der Waals surface area contributed by atoms with Gasteiger partial charge in [-0.3, -0.25) is 4.98 Å². The van der Waals surface area contributed by atoms with Crippen LogP contribution in [0.1, 0.15) is 30.5 Å². The van der Waals surface area contributed by atoms with E-state index in [1.54, 1.807) is 6.20 Å². The van der Waals surface area contributed by atoms with Gasteiger partial charge in [0.2, 0.25) is 0 Å². The molecule has 2 rings (SSSR count). The van der Waals surface area contributed by atoms with Gasteiger partial charge in [-0.2, -0.15) is 0 Å². The third-order valence-corrected chi connectivity index (χ3v) is 3.88. The van der Waals surface area contributed by atoms with Crippen molar-refractivity contribution in [1.82, 2.24) is 10.3 Å².